The van der Waals surface area contributed by atoms with Gasteiger partial charge in [-0.15, -0.1) is 5.06 Å². The van der Waals surface area contributed by atoms with E-state index in [0.29, 0.717) is 0 Å². The minimum Gasteiger partial charge on any atom is -0.268 e. The molecule has 3 nitrogen and oxygen atoms in total. The number of nitrogens with zero attached hydrogens (tertiary/aromatic N) is 2. The average molecular weight is 178 g/mol. The molecule has 1 aliphatic heterocycles. The Kier molecular flexibility index (Phi) is 1.86. The Labute approximate surface area is 78.3 Å². The highest BCUT2D eigenvalue weighted by Crippen LogP contribution is 2.41. The third-order valence-electron chi connectivity index (χ3n) is 1.98. The summed E-state index contributed by atoms with van der Waals surface area (Å²) in [5.74, 6) is 0. The van der Waals surface area contributed by atoms with Crippen molar-refractivity contribution in [1.82, 2.24) is 10.0 Å². The van der Waals surface area contributed by atoms with Crippen LogP contribution >= 0.6 is 0 Å². The molecular weight excluding hydrogens is 164 g/mol. The topological polar surface area (TPSA) is 28.4 Å². The molecule has 0 N–H and O–H groups in total. The van der Waals surface area contributed by atoms with Crippen LogP contribution in [-0.4, -0.2) is 15.6 Å². The molecule has 2 rings (SSSR count). The molecule has 0 aromatic carbocycles. The maximum atomic E-state index is 5.44. The van der Waals surface area contributed by atoms with Gasteiger partial charge < -0.3 is 0 Å². The van der Waals surface area contributed by atoms with Crippen molar-refractivity contribution in [1.29, 1.82) is 0 Å². The second-order valence-electron chi connectivity index (χ2n) is 4.21. The molecule has 1 aromatic rings. The van der Waals surface area contributed by atoms with Gasteiger partial charge in [0.2, 0.25) is 0 Å². The minimum absolute atomic E-state index is 0.0567. The third-order valence-corrected chi connectivity index (χ3v) is 1.98. The Bertz CT molecular complexity index is 292. The summed E-state index contributed by atoms with van der Waals surface area (Å²) in [7, 11) is 0. The normalized spacial score (nSPS) is 27.3. The van der Waals surface area contributed by atoms with Crippen molar-refractivity contribution in [3.63, 3.8) is 0 Å². The highest BCUT2D eigenvalue weighted by atomic mass is 16.8. The quantitative estimate of drug-likeness (QED) is 0.617. The second-order valence-corrected chi connectivity index (χ2v) is 4.21. The van der Waals surface area contributed by atoms with Crippen molar-refractivity contribution in [2.75, 3.05) is 0 Å². The van der Waals surface area contributed by atoms with E-state index in [9.17, 15) is 0 Å². The molecule has 1 aliphatic rings. The van der Waals surface area contributed by atoms with Gasteiger partial charge in [0.1, 0.15) is 0 Å². The number of pyridine rings is 1. The van der Waals surface area contributed by atoms with Crippen LogP contribution in [0.25, 0.3) is 0 Å². The Morgan fingerprint density at radius 2 is 2.15 bits per heavy atom. The Balaban J connectivity index is 2.09. The van der Waals surface area contributed by atoms with Crippen LogP contribution in [0.4, 0.5) is 0 Å². The molecule has 0 bridgehead atoms. The minimum atomic E-state index is 0.0567. The van der Waals surface area contributed by atoms with Gasteiger partial charge in [0.15, 0.2) is 6.23 Å². The first-order chi connectivity index (χ1) is 6.09. The Morgan fingerprint density at radius 1 is 1.38 bits per heavy atom. The summed E-state index contributed by atoms with van der Waals surface area (Å²) < 4.78 is 0. The van der Waals surface area contributed by atoms with Gasteiger partial charge in [-0.25, -0.2) is 0 Å². The van der Waals surface area contributed by atoms with E-state index in [1.54, 1.807) is 6.20 Å². The molecule has 1 fully saturated rings. The zero-order valence-electron chi connectivity index (χ0n) is 8.19. The molecule has 13 heavy (non-hydrogen) atoms. The number of hydroxylamine groups is 2. The predicted octanol–water partition coefficient (Wildman–Crippen LogP) is 2.13. The van der Waals surface area contributed by atoms with Crippen molar-refractivity contribution in [3.8, 4) is 0 Å². The number of hydrogen-bond donors (Lipinski definition) is 0. The number of aromatic nitrogens is 1. The molecule has 3 heteroatoms. The van der Waals surface area contributed by atoms with Crippen LogP contribution in [0.15, 0.2) is 24.4 Å². The molecule has 2 atom stereocenters. The lowest BCUT2D eigenvalue weighted by Crippen LogP contribution is -2.25. The third kappa shape index (κ3) is 1.71. The van der Waals surface area contributed by atoms with Gasteiger partial charge in [-0.3, -0.25) is 9.82 Å². The highest BCUT2D eigenvalue weighted by Gasteiger charge is 2.46. The van der Waals surface area contributed by atoms with Crippen LogP contribution in [0.5, 0.6) is 0 Å². The molecule has 70 valence electrons. The second kappa shape index (κ2) is 2.79. The Morgan fingerprint density at radius 3 is 2.62 bits per heavy atom. The average Bonchev–Trinajstić information content (AvgIpc) is 2.83. The van der Waals surface area contributed by atoms with Gasteiger partial charge in [-0.05, 0) is 32.9 Å². The van der Waals surface area contributed by atoms with E-state index < -0.39 is 0 Å². The van der Waals surface area contributed by atoms with Crippen molar-refractivity contribution in [2.45, 2.75) is 32.5 Å². The number of rotatable bonds is 1. The molecule has 1 saturated heterocycles. The monoisotopic (exact) mass is 178 g/mol. The predicted molar refractivity (Wildman–Crippen MR) is 49.7 cm³/mol. The fourth-order valence-corrected chi connectivity index (χ4v) is 1.29. The summed E-state index contributed by atoms with van der Waals surface area (Å²) in [6, 6.07) is 5.87. The van der Waals surface area contributed by atoms with E-state index >= 15 is 0 Å². The van der Waals surface area contributed by atoms with Gasteiger partial charge in [0.05, 0.1) is 5.69 Å². The standard InChI is InChI=1S/C10H14N2O/c1-10(2,3)12-9(13-12)8-6-4-5-7-11-8/h4-7,9H,1-3H3/t9-,12?/m0/s1. The fraction of sp³-hybridized carbons (Fsp3) is 0.500. The van der Waals surface area contributed by atoms with Crippen molar-refractivity contribution in [3.05, 3.63) is 30.1 Å². The van der Waals surface area contributed by atoms with Gasteiger partial charge >= 0.3 is 0 Å². The van der Waals surface area contributed by atoms with Crippen LogP contribution in [0.1, 0.15) is 32.7 Å². The largest absolute Gasteiger partial charge is 0.268 e. The summed E-state index contributed by atoms with van der Waals surface area (Å²) in [5, 5.41) is 1.95. The summed E-state index contributed by atoms with van der Waals surface area (Å²) in [5.41, 5.74) is 1.04. The van der Waals surface area contributed by atoms with E-state index in [1.807, 2.05) is 23.3 Å². The molecule has 0 saturated carbocycles. The molecule has 0 radical (unpaired) electrons. The molecular formula is C10H14N2O. The smallest absolute Gasteiger partial charge is 0.197 e. The van der Waals surface area contributed by atoms with Crippen LogP contribution in [0.2, 0.25) is 0 Å². The maximum absolute atomic E-state index is 5.44. The number of hydrogen-bond acceptors (Lipinski definition) is 3. The molecule has 0 aliphatic carbocycles. The summed E-state index contributed by atoms with van der Waals surface area (Å²) in [4.78, 5) is 9.68. The Hall–Kier alpha value is -0.930. The lowest BCUT2D eigenvalue weighted by atomic mass is 10.1. The van der Waals surface area contributed by atoms with Crippen LogP contribution in [-0.2, 0) is 4.84 Å². The first kappa shape index (κ1) is 8.66. The SMILES string of the molecule is CC(C)(C)N1O[C@H]1c1ccccn1. The fourth-order valence-electron chi connectivity index (χ4n) is 1.29. The van der Waals surface area contributed by atoms with E-state index in [1.165, 1.54) is 0 Å². The maximum Gasteiger partial charge on any atom is 0.197 e. The van der Waals surface area contributed by atoms with E-state index in [2.05, 4.69) is 25.8 Å². The van der Waals surface area contributed by atoms with Gasteiger partial charge in [-0.1, -0.05) is 6.07 Å². The van der Waals surface area contributed by atoms with Crippen molar-refractivity contribution < 1.29 is 4.84 Å². The molecule has 0 spiro atoms. The van der Waals surface area contributed by atoms with Crippen LogP contribution < -0.4 is 0 Å². The van der Waals surface area contributed by atoms with Gasteiger partial charge in [-0.2, -0.15) is 0 Å². The van der Waals surface area contributed by atoms with Crippen molar-refractivity contribution >= 4 is 0 Å². The molecule has 1 unspecified atom stereocenters. The zero-order chi connectivity index (χ0) is 9.47. The lowest BCUT2D eigenvalue weighted by molar-refractivity contribution is 0.101. The van der Waals surface area contributed by atoms with Crippen molar-refractivity contribution in [2.24, 2.45) is 0 Å². The van der Waals surface area contributed by atoms with Crippen LogP contribution in [0.3, 0.4) is 0 Å². The summed E-state index contributed by atoms with van der Waals surface area (Å²) >= 11 is 0. The summed E-state index contributed by atoms with van der Waals surface area (Å²) in [6.45, 7) is 6.36. The van der Waals surface area contributed by atoms with E-state index in [0.717, 1.165) is 5.69 Å². The summed E-state index contributed by atoms with van der Waals surface area (Å²) in [6.07, 6.45) is 1.85. The highest BCUT2D eigenvalue weighted by molar-refractivity contribution is 5.09. The van der Waals surface area contributed by atoms with Gasteiger partial charge in [0, 0.05) is 11.7 Å². The van der Waals surface area contributed by atoms with Crippen LogP contribution in [0, 0.1) is 0 Å². The molecule has 1 aromatic heterocycles. The lowest BCUT2D eigenvalue weighted by Gasteiger charge is -2.16. The first-order valence-electron chi connectivity index (χ1n) is 4.46. The molecule has 0 amide bonds. The van der Waals surface area contributed by atoms with E-state index in [-0.39, 0.29) is 11.8 Å². The first-order valence-corrected chi connectivity index (χ1v) is 4.46. The van der Waals surface area contributed by atoms with E-state index in [4.69, 9.17) is 4.84 Å². The molecule has 2 heterocycles. The van der Waals surface area contributed by atoms with Gasteiger partial charge in [0.25, 0.3) is 0 Å². The zero-order valence-corrected chi connectivity index (χ0v) is 8.19.